The Morgan fingerprint density at radius 1 is 1.00 bits per heavy atom. The van der Waals surface area contributed by atoms with Crippen LogP contribution < -0.4 is 4.74 Å². The van der Waals surface area contributed by atoms with Crippen molar-refractivity contribution in [3.63, 3.8) is 0 Å². The minimum Gasteiger partial charge on any atom is -0.494 e. The van der Waals surface area contributed by atoms with Gasteiger partial charge >= 0.3 is 0 Å². The highest BCUT2D eigenvalue weighted by molar-refractivity contribution is 6.02. The molecule has 0 N–H and O–H groups in total. The second kappa shape index (κ2) is 11.4. The predicted octanol–water partition coefficient (Wildman–Crippen LogP) is 4.46. The van der Waals surface area contributed by atoms with E-state index in [1.807, 2.05) is 13.8 Å². The first kappa shape index (κ1) is 19.9. The molecule has 0 saturated carbocycles. The molecule has 0 fully saturated rings. The van der Waals surface area contributed by atoms with Gasteiger partial charge in [0.2, 0.25) is 0 Å². The van der Waals surface area contributed by atoms with Crippen molar-refractivity contribution >= 4 is 11.6 Å². The zero-order chi connectivity index (χ0) is 17.8. The molecule has 1 rings (SSSR count). The number of hydrogen-bond acceptors (Lipinski definition) is 4. The molecule has 0 bridgehead atoms. The summed E-state index contributed by atoms with van der Waals surface area (Å²) >= 11 is 0. The highest BCUT2D eigenvalue weighted by atomic mass is 16.5. The Hall–Kier alpha value is -2.15. The van der Waals surface area contributed by atoms with Gasteiger partial charge in [-0.1, -0.05) is 33.1 Å². The van der Waals surface area contributed by atoms with Gasteiger partial charge in [0, 0.05) is 12.8 Å². The van der Waals surface area contributed by atoms with E-state index < -0.39 is 5.92 Å². The summed E-state index contributed by atoms with van der Waals surface area (Å²) in [6.45, 7) is 4.27. The lowest BCUT2D eigenvalue weighted by Gasteiger charge is -2.12. The lowest BCUT2D eigenvalue weighted by Crippen LogP contribution is -2.22. The second-order valence-corrected chi connectivity index (χ2v) is 5.88. The normalized spacial score (nSPS) is 10.4. The first-order valence-electron chi connectivity index (χ1n) is 8.80. The summed E-state index contributed by atoms with van der Waals surface area (Å²) in [5.41, 5.74) is 0.625. The third-order valence-corrected chi connectivity index (χ3v) is 4.11. The van der Waals surface area contributed by atoms with Crippen molar-refractivity contribution < 1.29 is 14.3 Å². The Bertz CT molecular complexity index is 541. The number of nitrogens with zero attached hydrogens (tertiary/aromatic N) is 1. The molecule has 0 aliphatic rings. The van der Waals surface area contributed by atoms with Crippen molar-refractivity contribution in [2.24, 2.45) is 5.92 Å². The summed E-state index contributed by atoms with van der Waals surface area (Å²) in [6, 6.07) is 9.16. The van der Waals surface area contributed by atoms with E-state index in [2.05, 4.69) is 6.07 Å². The van der Waals surface area contributed by atoms with Gasteiger partial charge in [-0.2, -0.15) is 5.26 Å². The van der Waals surface area contributed by atoms with Crippen LogP contribution in [0.3, 0.4) is 0 Å². The van der Waals surface area contributed by atoms with Gasteiger partial charge in [-0.15, -0.1) is 0 Å². The molecule has 0 heterocycles. The number of carbonyl (C=O) groups is 2. The number of benzene rings is 1. The van der Waals surface area contributed by atoms with E-state index in [4.69, 9.17) is 10.00 Å². The maximum absolute atomic E-state index is 11.8. The molecule has 130 valence electrons. The van der Waals surface area contributed by atoms with Crippen LogP contribution in [0.1, 0.15) is 64.4 Å². The Kier molecular flexibility index (Phi) is 9.45. The quantitative estimate of drug-likeness (QED) is 0.419. The number of ketones is 2. The Labute approximate surface area is 144 Å². The van der Waals surface area contributed by atoms with Crippen LogP contribution >= 0.6 is 0 Å². The molecular formula is C20H27NO3. The number of rotatable bonds is 12. The minimum atomic E-state index is -0.394. The maximum atomic E-state index is 11.8. The number of ether oxygens (including phenoxy) is 1. The van der Waals surface area contributed by atoms with E-state index in [0.717, 1.165) is 31.4 Å². The fraction of sp³-hybridized carbons (Fsp3) is 0.550. The lowest BCUT2D eigenvalue weighted by atomic mass is 9.90. The van der Waals surface area contributed by atoms with Gasteiger partial charge in [-0.05, 0) is 37.1 Å². The van der Waals surface area contributed by atoms with E-state index in [9.17, 15) is 9.59 Å². The molecule has 0 aliphatic carbocycles. The molecule has 24 heavy (non-hydrogen) atoms. The van der Waals surface area contributed by atoms with E-state index in [-0.39, 0.29) is 11.6 Å². The minimum absolute atomic E-state index is 0.0750. The van der Waals surface area contributed by atoms with Crippen LogP contribution in [0.2, 0.25) is 0 Å². The van der Waals surface area contributed by atoms with E-state index >= 15 is 0 Å². The molecule has 4 nitrogen and oxygen atoms in total. The van der Waals surface area contributed by atoms with Gasteiger partial charge in [-0.25, -0.2) is 0 Å². The summed E-state index contributed by atoms with van der Waals surface area (Å²) in [4.78, 5) is 23.6. The van der Waals surface area contributed by atoms with Crippen LogP contribution in [0.5, 0.6) is 5.75 Å². The van der Waals surface area contributed by atoms with Crippen LogP contribution in [-0.4, -0.2) is 18.2 Å². The van der Waals surface area contributed by atoms with Crippen molar-refractivity contribution in [2.45, 2.75) is 58.8 Å². The summed E-state index contributed by atoms with van der Waals surface area (Å²) in [6.07, 6.45) is 5.41. The van der Waals surface area contributed by atoms with Gasteiger partial charge in [0.1, 0.15) is 17.3 Å². The summed E-state index contributed by atoms with van der Waals surface area (Å²) in [5, 5.41) is 8.73. The third kappa shape index (κ3) is 6.95. The fourth-order valence-electron chi connectivity index (χ4n) is 2.61. The first-order valence-corrected chi connectivity index (χ1v) is 8.80. The Morgan fingerprint density at radius 3 is 2.12 bits per heavy atom. The van der Waals surface area contributed by atoms with Crippen LogP contribution in [0, 0.1) is 17.2 Å². The second-order valence-electron chi connectivity index (χ2n) is 5.88. The average molecular weight is 329 g/mol. The van der Waals surface area contributed by atoms with Gasteiger partial charge in [0.15, 0.2) is 0 Å². The standard InChI is InChI=1S/C20H27NO3/c1-3-19(22)18(20(23)4-2)9-7-5-6-8-14-24-17-12-10-16(15-21)11-13-17/h10-13,18H,3-9,14H2,1-2H3. The zero-order valence-electron chi connectivity index (χ0n) is 14.7. The first-order chi connectivity index (χ1) is 11.6. The highest BCUT2D eigenvalue weighted by Gasteiger charge is 2.22. The molecule has 0 radical (unpaired) electrons. The lowest BCUT2D eigenvalue weighted by molar-refractivity contribution is -0.132. The largest absolute Gasteiger partial charge is 0.494 e. The molecule has 1 aromatic carbocycles. The number of carbonyl (C=O) groups excluding carboxylic acids is 2. The van der Waals surface area contributed by atoms with Crippen LogP contribution in [0.15, 0.2) is 24.3 Å². The number of nitriles is 1. The van der Waals surface area contributed by atoms with Crippen LogP contribution in [-0.2, 0) is 9.59 Å². The average Bonchev–Trinajstić information content (AvgIpc) is 2.63. The van der Waals surface area contributed by atoms with Crippen LogP contribution in [0.4, 0.5) is 0 Å². The molecule has 0 spiro atoms. The number of Topliss-reactive ketones (excluding diaryl/α,β-unsaturated/α-hetero) is 2. The van der Waals surface area contributed by atoms with E-state index in [1.54, 1.807) is 24.3 Å². The van der Waals surface area contributed by atoms with Crippen molar-refractivity contribution in [1.82, 2.24) is 0 Å². The third-order valence-electron chi connectivity index (χ3n) is 4.11. The molecular weight excluding hydrogens is 302 g/mol. The van der Waals surface area contributed by atoms with Crippen molar-refractivity contribution in [2.75, 3.05) is 6.61 Å². The zero-order valence-corrected chi connectivity index (χ0v) is 14.7. The SMILES string of the molecule is CCC(=O)C(CCCCCCOc1ccc(C#N)cc1)C(=O)CC. The topological polar surface area (TPSA) is 67.2 Å². The molecule has 0 aromatic heterocycles. The van der Waals surface area contributed by atoms with Crippen molar-refractivity contribution in [1.29, 1.82) is 5.26 Å². The van der Waals surface area contributed by atoms with Gasteiger partial charge in [0.05, 0.1) is 24.2 Å². The molecule has 4 heteroatoms. The molecule has 0 unspecified atom stereocenters. The Balaban J connectivity index is 2.17. The fourth-order valence-corrected chi connectivity index (χ4v) is 2.61. The summed E-state index contributed by atoms with van der Waals surface area (Å²) in [7, 11) is 0. The van der Waals surface area contributed by atoms with Gasteiger partial charge in [-0.3, -0.25) is 9.59 Å². The van der Waals surface area contributed by atoms with Gasteiger partial charge in [0.25, 0.3) is 0 Å². The van der Waals surface area contributed by atoms with E-state index in [1.165, 1.54) is 0 Å². The molecule has 0 saturated heterocycles. The number of unbranched alkanes of at least 4 members (excludes halogenated alkanes) is 3. The summed E-state index contributed by atoms with van der Waals surface area (Å²) in [5.74, 6) is 0.531. The molecule has 0 amide bonds. The molecule has 0 atom stereocenters. The Morgan fingerprint density at radius 2 is 1.58 bits per heavy atom. The smallest absolute Gasteiger partial charge is 0.143 e. The van der Waals surface area contributed by atoms with Gasteiger partial charge < -0.3 is 4.74 Å². The highest BCUT2D eigenvalue weighted by Crippen LogP contribution is 2.17. The number of hydrogen-bond donors (Lipinski definition) is 0. The van der Waals surface area contributed by atoms with Crippen molar-refractivity contribution in [3.8, 4) is 11.8 Å². The molecule has 0 aliphatic heterocycles. The van der Waals surface area contributed by atoms with Crippen LogP contribution in [0.25, 0.3) is 0 Å². The predicted molar refractivity (Wildman–Crippen MR) is 93.8 cm³/mol. The molecule has 1 aromatic rings. The van der Waals surface area contributed by atoms with Crippen molar-refractivity contribution in [3.05, 3.63) is 29.8 Å². The maximum Gasteiger partial charge on any atom is 0.143 e. The monoisotopic (exact) mass is 329 g/mol. The van der Waals surface area contributed by atoms with E-state index in [0.29, 0.717) is 31.4 Å². The summed E-state index contributed by atoms with van der Waals surface area (Å²) < 4.78 is 5.63.